The molecule has 0 aromatic heterocycles. The summed E-state index contributed by atoms with van der Waals surface area (Å²) in [7, 11) is 1.53. The van der Waals surface area contributed by atoms with Gasteiger partial charge in [0.2, 0.25) is 0 Å². The predicted octanol–water partition coefficient (Wildman–Crippen LogP) is 2.84. The zero-order valence-electron chi connectivity index (χ0n) is 10.5. The second-order valence-electron chi connectivity index (χ2n) is 4.18. The number of nitrogen functional groups attached to an aromatic ring is 1. The van der Waals surface area contributed by atoms with Gasteiger partial charge in [0.25, 0.3) is 0 Å². The molecule has 0 heterocycles. The van der Waals surface area contributed by atoms with Crippen molar-refractivity contribution in [1.82, 2.24) is 0 Å². The Bertz CT molecular complexity index is 594. The van der Waals surface area contributed by atoms with Gasteiger partial charge >= 0.3 is 0 Å². The zero-order chi connectivity index (χ0) is 13.8. The third kappa shape index (κ3) is 3.10. The van der Waals surface area contributed by atoms with Gasteiger partial charge < -0.3 is 10.5 Å². The molecule has 0 amide bonds. The SMILES string of the molecule is COc1ccc(N)c(C(=O)Cc2ccc(F)cc2)c1. The fourth-order valence-electron chi connectivity index (χ4n) is 1.79. The molecule has 98 valence electrons. The van der Waals surface area contributed by atoms with E-state index in [-0.39, 0.29) is 18.0 Å². The summed E-state index contributed by atoms with van der Waals surface area (Å²) in [6.45, 7) is 0. The van der Waals surface area contributed by atoms with Gasteiger partial charge in [-0.15, -0.1) is 0 Å². The molecule has 0 saturated heterocycles. The molecule has 2 aromatic carbocycles. The molecule has 0 radical (unpaired) electrons. The lowest BCUT2D eigenvalue weighted by atomic mass is 10.0. The van der Waals surface area contributed by atoms with Crippen LogP contribution in [0.2, 0.25) is 0 Å². The minimum atomic E-state index is -0.322. The quantitative estimate of drug-likeness (QED) is 0.678. The number of methoxy groups -OCH3 is 1. The van der Waals surface area contributed by atoms with Gasteiger partial charge in [0, 0.05) is 17.7 Å². The van der Waals surface area contributed by atoms with Crippen LogP contribution in [-0.4, -0.2) is 12.9 Å². The van der Waals surface area contributed by atoms with Crippen LogP contribution in [0.5, 0.6) is 5.75 Å². The summed E-state index contributed by atoms with van der Waals surface area (Å²) in [6, 6.07) is 10.8. The maximum absolute atomic E-state index is 12.8. The van der Waals surface area contributed by atoms with Crippen molar-refractivity contribution in [1.29, 1.82) is 0 Å². The van der Waals surface area contributed by atoms with E-state index in [4.69, 9.17) is 10.5 Å². The average molecular weight is 259 g/mol. The smallest absolute Gasteiger partial charge is 0.169 e. The Morgan fingerprint density at radius 3 is 2.53 bits per heavy atom. The molecule has 2 aromatic rings. The van der Waals surface area contributed by atoms with Gasteiger partial charge in [-0.05, 0) is 35.9 Å². The Balaban J connectivity index is 2.22. The summed E-state index contributed by atoms with van der Waals surface area (Å²) < 4.78 is 17.9. The van der Waals surface area contributed by atoms with E-state index in [9.17, 15) is 9.18 Å². The molecule has 2 N–H and O–H groups in total. The van der Waals surface area contributed by atoms with Gasteiger partial charge in [-0.1, -0.05) is 12.1 Å². The maximum Gasteiger partial charge on any atom is 0.169 e. The molecule has 3 nitrogen and oxygen atoms in total. The van der Waals surface area contributed by atoms with Crippen molar-refractivity contribution in [2.24, 2.45) is 0 Å². The van der Waals surface area contributed by atoms with Crippen LogP contribution in [0.1, 0.15) is 15.9 Å². The summed E-state index contributed by atoms with van der Waals surface area (Å²) in [5, 5.41) is 0. The van der Waals surface area contributed by atoms with Gasteiger partial charge in [0.05, 0.1) is 7.11 Å². The van der Waals surface area contributed by atoms with Crippen LogP contribution in [0.3, 0.4) is 0 Å². The number of rotatable bonds is 4. The van der Waals surface area contributed by atoms with Crippen molar-refractivity contribution in [2.45, 2.75) is 6.42 Å². The van der Waals surface area contributed by atoms with Gasteiger partial charge in [-0.25, -0.2) is 4.39 Å². The number of benzene rings is 2. The molecule has 0 atom stereocenters. The highest BCUT2D eigenvalue weighted by atomic mass is 19.1. The fourth-order valence-corrected chi connectivity index (χ4v) is 1.79. The second kappa shape index (κ2) is 5.52. The Hall–Kier alpha value is -2.36. The molecule has 0 unspecified atom stereocenters. The summed E-state index contributed by atoms with van der Waals surface area (Å²) in [5.41, 5.74) is 7.36. The second-order valence-corrected chi connectivity index (χ2v) is 4.18. The number of carbonyl (C=O) groups excluding carboxylic acids is 1. The zero-order valence-corrected chi connectivity index (χ0v) is 10.5. The average Bonchev–Trinajstić information content (AvgIpc) is 2.42. The molecule has 0 saturated carbocycles. The molecule has 0 aliphatic rings. The number of halogens is 1. The van der Waals surface area contributed by atoms with Crippen molar-refractivity contribution in [3.63, 3.8) is 0 Å². The van der Waals surface area contributed by atoms with Gasteiger partial charge in [-0.2, -0.15) is 0 Å². The van der Waals surface area contributed by atoms with E-state index in [2.05, 4.69) is 0 Å². The third-order valence-corrected chi connectivity index (χ3v) is 2.84. The summed E-state index contributed by atoms with van der Waals surface area (Å²) >= 11 is 0. The molecule has 4 heteroatoms. The first-order valence-electron chi connectivity index (χ1n) is 5.81. The number of Topliss-reactive ketones (excluding diaryl/α,β-unsaturated/α-hetero) is 1. The standard InChI is InChI=1S/C15H14FNO2/c1-19-12-6-7-14(17)13(9-12)15(18)8-10-2-4-11(16)5-3-10/h2-7,9H,8,17H2,1H3. The van der Waals surface area contributed by atoms with E-state index in [0.717, 1.165) is 5.56 Å². The normalized spacial score (nSPS) is 10.2. The number of ether oxygens (including phenoxy) is 1. The van der Waals surface area contributed by atoms with E-state index in [1.807, 2.05) is 0 Å². The van der Waals surface area contributed by atoms with E-state index in [0.29, 0.717) is 17.0 Å². The lowest BCUT2D eigenvalue weighted by Gasteiger charge is -2.07. The minimum absolute atomic E-state index is 0.122. The van der Waals surface area contributed by atoms with E-state index < -0.39 is 0 Å². The number of anilines is 1. The summed E-state index contributed by atoms with van der Waals surface area (Å²) in [6.07, 6.45) is 0.178. The molecule has 0 spiro atoms. The number of ketones is 1. The van der Waals surface area contributed by atoms with Crippen LogP contribution in [0.25, 0.3) is 0 Å². The van der Waals surface area contributed by atoms with Gasteiger partial charge in [0.1, 0.15) is 11.6 Å². The number of nitrogens with two attached hydrogens (primary N) is 1. The van der Waals surface area contributed by atoms with Crippen LogP contribution < -0.4 is 10.5 Å². The first kappa shape index (κ1) is 13.1. The molecule has 0 aliphatic carbocycles. The van der Waals surface area contributed by atoms with Gasteiger partial charge in [-0.3, -0.25) is 4.79 Å². The molecular weight excluding hydrogens is 245 g/mol. The monoisotopic (exact) mass is 259 g/mol. The van der Waals surface area contributed by atoms with Crippen molar-refractivity contribution in [2.75, 3.05) is 12.8 Å². The largest absolute Gasteiger partial charge is 0.497 e. The van der Waals surface area contributed by atoms with Gasteiger partial charge in [0.15, 0.2) is 5.78 Å². The maximum atomic E-state index is 12.8. The molecule has 0 bridgehead atoms. The molecule has 0 fully saturated rings. The lowest BCUT2D eigenvalue weighted by Crippen LogP contribution is -2.07. The van der Waals surface area contributed by atoms with Crippen molar-refractivity contribution in [3.8, 4) is 5.75 Å². The Labute approximate surface area is 110 Å². The van der Waals surface area contributed by atoms with Crippen LogP contribution in [0, 0.1) is 5.82 Å². The number of carbonyl (C=O) groups is 1. The summed E-state index contributed by atoms with van der Waals surface area (Å²) in [4.78, 5) is 12.2. The van der Waals surface area contributed by atoms with Crippen LogP contribution >= 0.6 is 0 Å². The predicted molar refractivity (Wildman–Crippen MR) is 71.8 cm³/mol. The lowest BCUT2D eigenvalue weighted by molar-refractivity contribution is 0.0993. The van der Waals surface area contributed by atoms with Crippen LogP contribution in [0.4, 0.5) is 10.1 Å². The minimum Gasteiger partial charge on any atom is -0.497 e. The van der Waals surface area contributed by atoms with Crippen LogP contribution in [0.15, 0.2) is 42.5 Å². The Kier molecular flexibility index (Phi) is 3.80. The molecule has 2 rings (SSSR count). The van der Waals surface area contributed by atoms with Crippen molar-refractivity contribution >= 4 is 11.5 Å². The summed E-state index contributed by atoms with van der Waals surface area (Å²) in [5.74, 6) is 0.136. The first-order chi connectivity index (χ1) is 9.10. The third-order valence-electron chi connectivity index (χ3n) is 2.84. The highest BCUT2D eigenvalue weighted by Crippen LogP contribution is 2.21. The van der Waals surface area contributed by atoms with E-state index >= 15 is 0 Å². The van der Waals surface area contributed by atoms with E-state index in [1.54, 1.807) is 30.3 Å². The van der Waals surface area contributed by atoms with E-state index in [1.165, 1.54) is 19.2 Å². The first-order valence-corrected chi connectivity index (χ1v) is 5.81. The fraction of sp³-hybridized carbons (Fsp3) is 0.133. The Morgan fingerprint density at radius 2 is 1.89 bits per heavy atom. The van der Waals surface area contributed by atoms with Crippen LogP contribution in [-0.2, 0) is 6.42 Å². The molecule has 0 aliphatic heterocycles. The van der Waals surface area contributed by atoms with Crippen molar-refractivity contribution < 1.29 is 13.9 Å². The number of hydrogen-bond acceptors (Lipinski definition) is 3. The Morgan fingerprint density at radius 1 is 1.21 bits per heavy atom. The van der Waals surface area contributed by atoms with Crippen molar-refractivity contribution in [3.05, 3.63) is 59.4 Å². The number of hydrogen-bond donors (Lipinski definition) is 1. The highest BCUT2D eigenvalue weighted by molar-refractivity contribution is 6.02. The highest BCUT2D eigenvalue weighted by Gasteiger charge is 2.12. The molecular formula is C15H14FNO2. The topological polar surface area (TPSA) is 52.3 Å². The molecule has 19 heavy (non-hydrogen) atoms.